The molecule has 2 rings (SSSR count). The van der Waals surface area contributed by atoms with Crippen molar-refractivity contribution in [2.75, 3.05) is 0 Å². The van der Waals surface area contributed by atoms with Gasteiger partial charge in [-0.05, 0) is 30.0 Å². The lowest BCUT2D eigenvalue weighted by Crippen LogP contribution is -2.04. The van der Waals surface area contributed by atoms with E-state index in [2.05, 4.69) is 6.07 Å². The Labute approximate surface area is 71.6 Å². The molecule has 1 atom stereocenters. The van der Waals surface area contributed by atoms with Gasteiger partial charge >= 0.3 is 0 Å². The van der Waals surface area contributed by atoms with Crippen molar-refractivity contribution >= 4 is 0 Å². The maximum Gasteiger partial charge on any atom is 0.0994 e. The van der Waals surface area contributed by atoms with E-state index in [4.69, 9.17) is 11.0 Å². The van der Waals surface area contributed by atoms with Gasteiger partial charge < -0.3 is 5.73 Å². The molecule has 0 fully saturated rings. The minimum Gasteiger partial charge on any atom is -0.324 e. The molecule has 0 heterocycles. The van der Waals surface area contributed by atoms with Gasteiger partial charge in [0.1, 0.15) is 0 Å². The van der Waals surface area contributed by atoms with Crippen LogP contribution >= 0.6 is 0 Å². The van der Waals surface area contributed by atoms with E-state index in [1.807, 2.05) is 18.2 Å². The quantitative estimate of drug-likeness (QED) is 0.622. The molecule has 2 N–H and O–H groups in total. The Morgan fingerprint density at radius 3 is 3.08 bits per heavy atom. The fourth-order valence-corrected chi connectivity index (χ4v) is 1.79. The zero-order valence-electron chi connectivity index (χ0n) is 6.75. The van der Waals surface area contributed by atoms with Gasteiger partial charge in [-0.2, -0.15) is 5.26 Å². The van der Waals surface area contributed by atoms with Gasteiger partial charge in [0.25, 0.3) is 0 Å². The number of rotatable bonds is 0. The van der Waals surface area contributed by atoms with E-state index in [9.17, 15) is 0 Å². The molecule has 0 spiro atoms. The zero-order valence-corrected chi connectivity index (χ0v) is 6.75. The smallest absolute Gasteiger partial charge is 0.0994 e. The highest BCUT2D eigenvalue weighted by Gasteiger charge is 2.20. The lowest BCUT2D eigenvalue weighted by atomic mass is 10.0. The van der Waals surface area contributed by atoms with Crippen LogP contribution in [-0.2, 0) is 6.42 Å². The number of benzene rings is 1. The first-order valence-corrected chi connectivity index (χ1v) is 4.10. The first-order chi connectivity index (χ1) is 5.83. The maximum absolute atomic E-state index is 8.80. The van der Waals surface area contributed by atoms with Crippen molar-refractivity contribution in [3.63, 3.8) is 0 Å². The molecule has 0 amide bonds. The fourth-order valence-electron chi connectivity index (χ4n) is 1.79. The predicted molar refractivity (Wildman–Crippen MR) is 46.4 cm³/mol. The highest BCUT2D eigenvalue weighted by atomic mass is 14.6. The van der Waals surface area contributed by atoms with Crippen LogP contribution in [0.25, 0.3) is 0 Å². The number of nitriles is 1. The molecule has 0 aliphatic heterocycles. The van der Waals surface area contributed by atoms with Crippen LogP contribution < -0.4 is 5.73 Å². The molecule has 12 heavy (non-hydrogen) atoms. The third-order valence-electron chi connectivity index (χ3n) is 2.44. The number of hydrogen-bond acceptors (Lipinski definition) is 2. The van der Waals surface area contributed by atoms with E-state index in [0.717, 1.165) is 29.5 Å². The predicted octanol–water partition coefficient (Wildman–Crippen LogP) is 1.50. The first-order valence-electron chi connectivity index (χ1n) is 4.10. The molecule has 60 valence electrons. The van der Waals surface area contributed by atoms with E-state index < -0.39 is 0 Å². The summed E-state index contributed by atoms with van der Waals surface area (Å²) in [7, 11) is 0. The van der Waals surface area contributed by atoms with Crippen LogP contribution in [0.5, 0.6) is 0 Å². The maximum atomic E-state index is 8.80. The second-order valence-electron chi connectivity index (χ2n) is 3.13. The van der Waals surface area contributed by atoms with Crippen molar-refractivity contribution in [3.05, 3.63) is 34.9 Å². The topological polar surface area (TPSA) is 49.8 Å². The van der Waals surface area contributed by atoms with E-state index in [1.165, 1.54) is 0 Å². The first kappa shape index (κ1) is 7.33. The van der Waals surface area contributed by atoms with Gasteiger partial charge in [-0.1, -0.05) is 12.1 Å². The normalized spacial score (nSPS) is 20.2. The monoisotopic (exact) mass is 158 g/mol. The van der Waals surface area contributed by atoms with Gasteiger partial charge in [0.2, 0.25) is 0 Å². The van der Waals surface area contributed by atoms with Gasteiger partial charge in [0.15, 0.2) is 0 Å². The van der Waals surface area contributed by atoms with Gasteiger partial charge in [-0.15, -0.1) is 0 Å². The second-order valence-corrected chi connectivity index (χ2v) is 3.13. The van der Waals surface area contributed by atoms with E-state index in [0.29, 0.717) is 0 Å². The van der Waals surface area contributed by atoms with Crippen LogP contribution in [0.3, 0.4) is 0 Å². The summed E-state index contributed by atoms with van der Waals surface area (Å²) in [4.78, 5) is 0. The molecule has 0 saturated carbocycles. The fraction of sp³-hybridized carbons (Fsp3) is 0.300. The van der Waals surface area contributed by atoms with Crippen LogP contribution in [0.15, 0.2) is 18.2 Å². The molecule has 0 saturated heterocycles. The summed E-state index contributed by atoms with van der Waals surface area (Å²) < 4.78 is 0. The molecule has 1 aromatic rings. The second kappa shape index (κ2) is 2.62. The van der Waals surface area contributed by atoms with Crippen molar-refractivity contribution in [1.82, 2.24) is 0 Å². The van der Waals surface area contributed by atoms with Gasteiger partial charge in [-0.3, -0.25) is 0 Å². The highest BCUT2D eigenvalue weighted by Crippen LogP contribution is 2.30. The number of nitrogens with zero attached hydrogens (tertiary/aromatic N) is 1. The lowest BCUT2D eigenvalue weighted by Gasteiger charge is -2.03. The average molecular weight is 158 g/mol. The van der Waals surface area contributed by atoms with Crippen LogP contribution in [0.2, 0.25) is 0 Å². The van der Waals surface area contributed by atoms with Gasteiger partial charge in [0.05, 0.1) is 11.6 Å². The average Bonchev–Trinajstić information content (AvgIpc) is 2.48. The largest absolute Gasteiger partial charge is 0.324 e. The summed E-state index contributed by atoms with van der Waals surface area (Å²) in [5.74, 6) is 0. The summed E-state index contributed by atoms with van der Waals surface area (Å²) in [5, 5.41) is 8.80. The van der Waals surface area contributed by atoms with Crippen LogP contribution in [0.4, 0.5) is 0 Å². The number of hydrogen-bond donors (Lipinski definition) is 1. The molecule has 1 aliphatic rings. The summed E-state index contributed by atoms with van der Waals surface area (Å²) in [5.41, 5.74) is 8.97. The third kappa shape index (κ3) is 0.910. The van der Waals surface area contributed by atoms with Crippen molar-refractivity contribution < 1.29 is 0 Å². The summed E-state index contributed by atoms with van der Waals surface area (Å²) >= 11 is 0. The van der Waals surface area contributed by atoms with E-state index >= 15 is 0 Å². The third-order valence-corrected chi connectivity index (χ3v) is 2.44. The zero-order chi connectivity index (χ0) is 8.55. The van der Waals surface area contributed by atoms with Crippen LogP contribution in [0, 0.1) is 11.3 Å². The molecule has 0 bridgehead atoms. The molecule has 2 nitrogen and oxygen atoms in total. The molecule has 0 aromatic heterocycles. The highest BCUT2D eigenvalue weighted by molar-refractivity contribution is 5.46. The molecule has 2 heteroatoms. The number of fused-ring (bicyclic) bond motifs is 1. The Balaban J connectivity index is 2.60. The van der Waals surface area contributed by atoms with E-state index in [1.54, 1.807) is 0 Å². The van der Waals surface area contributed by atoms with Crippen LogP contribution in [0.1, 0.15) is 29.2 Å². The Morgan fingerprint density at radius 1 is 1.50 bits per heavy atom. The molecule has 1 unspecified atom stereocenters. The van der Waals surface area contributed by atoms with Crippen molar-refractivity contribution in [2.24, 2.45) is 5.73 Å². The molecular weight excluding hydrogens is 148 g/mol. The van der Waals surface area contributed by atoms with Crippen LogP contribution in [-0.4, -0.2) is 0 Å². The van der Waals surface area contributed by atoms with Crippen molar-refractivity contribution in [1.29, 1.82) is 5.26 Å². The molecular formula is C10H10N2. The minimum atomic E-state index is 0.147. The molecule has 0 radical (unpaired) electrons. The molecule has 1 aliphatic carbocycles. The molecule has 1 aromatic carbocycles. The SMILES string of the molecule is N#Cc1cccc2c1CCC2N. The van der Waals surface area contributed by atoms with Crippen molar-refractivity contribution in [3.8, 4) is 6.07 Å². The summed E-state index contributed by atoms with van der Waals surface area (Å²) in [6, 6.07) is 8.12. The Kier molecular flexibility index (Phi) is 1.60. The summed E-state index contributed by atoms with van der Waals surface area (Å²) in [6.45, 7) is 0. The minimum absolute atomic E-state index is 0.147. The Bertz CT molecular complexity index is 349. The van der Waals surface area contributed by atoms with E-state index in [-0.39, 0.29) is 6.04 Å². The Morgan fingerprint density at radius 2 is 2.33 bits per heavy atom. The van der Waals surface area contributed by atoms with Gasteiger partial charge in [-0.25, -0.2) is 0 Å². The standard InChI is InChI=1S/C10H10N2/c11-6-7-2-1-3-9-8(7)4-5-10(9)12/h1-3,10H,4-5,12H2. The summed E-state index contributed by atoms with van der Waals surface area (Å²) in [6.07, 6.45) is 1.94. The Hall–Kier alpha value is -1.33. The number of nitrogens with two attached hydrogens (primary N) is 1. The van der Waals surface area contributed by atoms with Gasteiger partial charge in [0, 0.05) is 6.04 Å². The lowest BCUT2D eigenvalue weighted by molar-refractivity contribution is 0.713. The van der Waals surface area contributed by atoms with Crippen molar-refractivity contribution in [2.45, 2.75) is 18.9 Å².